The Hall–Kier alpha value is -3.35. The summed E-state index contributed by atoms with van der Waals surface area (Å²) < 4.78 is 30.2. The Kier molecular flexibility index (Phi) is 3.61. The molecule has 5 nitrogen and oxygen atoms in total. The first-order chi connectivity index (χ1) is 12.2. The molecule has 0 bridgehead atoms. The Morgan fingerprint density at radius 3 is 2.56 bits per heavy atom. The smallest absolute Gasteiger partial charge is 0.139 e. The molecule has 3 heterocycles. The summed E-state index contributed by atoms with van der Waals surface area (Å²) in [5, 5.41) is 4.06. The average Bonchev–Trinajstić information content (AvgIpc) is 3.21. The Balaban J connectivity index is 1.92. The van der Waals surface area contributed by atoms with E-state index in [0.717, 1.165) is 11.3 Å². The lowest BCUT2D eigenvalue weighted by atomic mass is 10.1. The van der Waals surface area contributed by atoms with Gasteiger partial charge in [0.25, 0.3) is 0 Å². The fourth-order valence-electron chi connectivity index (χ4n) is 2.78. The number of benzene rings is 1. The third-order valence-electron chi connectivity index (χ3n) is 3.94. The number of imidazole rings is 1. The van der Waals surface area contributed by atoms with Gasteiger partial charge in [-0.2, -0.15) is 5.10 Å². The van der Waals surface area contributed by atoms with Crippen LogP contribution in [0.2, 0.25) is 0 Å². The van der Waals surface area contributed by atoms with Crippen molar-refractivity contribution in [3.63, 3.8) is 0 Å². The summed E-state index contributed by atoms with van der Waals surface area (Å²) >= 11 is 0. The minimum Gasteiger partial charge on any atom is -0.300 e. The molecule has 0 atom stereocenters. The van der Waals surface area contributed by atoms with Crippen LogP contribution in [-0.2, 0) is 6.42 Å². The minimum atomic E-state index is -0.373. The Labute approximate surface area is 141 Å². The molecule has 0 aliphatic carbocycles. The maximum absolute atomic E-state index is 13.8. The van der Waals surface area contributed by atoms with Crippen molar-refractivity contribution >= 4 is 11.8 Å². The Morgan fingerprint density at radius 2 is 1.80 bits per heavy atom. The van der Waals surface area contributed by atoms with Crippen LogP contribution in [0.5, 0.6) is 0 Å². The molecule has 4 aromatic rings. The summed E-state index contributed by atoms with van der Waals surface area (Å²) in [6.45, 7) is 3.70. The van der Waals surface area contributed by atoms with E-state index in [9.17, 15) is 8.78 Å². The van der Waals surface area contributed by atoms with Gasteiger partial charge in [0.05, 0.1) is 17.8 Å². The molecule has 0 aliphatic heterocycles. The third kappa shape index (κ3) is 2.69. The fourth-order valence-corrected chi connectivity index (χ4v) is 2.78. The van der Waals surface area contributed by atoms with Gasteiger partial charge < -0.3 is 4.40 Å². The molecule has 0 saturated heterocycles. The van der Waals surface area contributed by atoms with Gasteiger partial charge in [0.1, 0.15) is 29.4 Å². The van der Waals surface area contributed by atoms with E-state index in [1.54, 1.807) is 33.5 Å². The van der Waals surface area contributed by atoms with Crippen LogP contribution in [-0.4, -0.2) is 24.1 Å². The minimum absolute atomic E-state index is 0.327. The van der Waals surface area contributed by atoms with Crippen LogP contribution >= 0.6 is 0 Å². The number of hydrogen-bond acceptors (Lipinski definition) is 3. The average molecular weight is 337 g/mol. The van der Waals surface area contributed by atoms with Crippen molar-refractivity contribution in [1.82, 2.24) is 24.1 Å². The van der Waals surface area contributed by atoms with Gasteiger partial charge in [-0.05, 0) is 36.4 Å². The largest absolute Gasteiger partial charge is 0.300 e. The number of nitrogens with zero attached hydrogens (tertiary/aromatic N) is 5. The lowest BCUT2D eigenvalue weighted by Gasteiger charge is -2.06. The lowest BCUT2D eigenvalue weighted by Crippen LogP contribution is -2.03. The first-order valence-electron chi connectivity index (χ1n) is 7.59. The molecule has 25 heavy (non-hydrogen) atoms. The standard InChI is InChI=1S/C18H13F2N5/c1-2-25-17(21-11-22-25)9-15-18(12-3-5-13(19)6-4-12)23-16-8-7-14(20)10-24(15)16/h2-8,10-11H,1,9H2. The lowest BCUT2D eigenvalue weighted by molar-refractivity contribution is 0.618. The van der Waals surface area contributed by atoms with Crippen LogP contribution in [0.25, 0.3) is 23.1 Å². The molecule has 4 rings (SSSR count). The van der Waals surface area contributed by atoms with Gasteiger partial charge in [-0.15, -0.1) is 0 Å². The number of pyridine rings is 1. The molecule has 0 radical (unpaired) electrons. The van der Waals surface area contributed by atoms with Crippen LogP contribution in [0, 0.1) is 11.6 Å². The molecule has 0 unspecified atom stereocenters. The quantitative estimate of drug-likeness (QED) is 0.572. The van der Waals surface area contributed by atoms with Gasteiger partial charge in [0.15, 0.2) is 0 Å². The molecule has 0 N–H and O–H groups in total. The van der Waals surface area contributed by atoms with Gasteiger partial charge in [-0.1, -0.05) is 6.58 Å². The van der Waals surface area contributed by atoms with Crippen molar-refractivity contribution in [2.24, 2.45) is 0 Å². The summed E-state index contributed by atoms with van der Waals surface area (Å²) in [6.07, 6.45) is 4.71. The molecule has 0 fully saturated rings. The van der Waals surface area contributed by atoms with Crippen molar-refractivity contribution in [3.05, 3.63) is 78.7 Å². The summed E-state index contributed by atoms with van der Waals surface area (Å²) in [7, 11) is 0. The monoisotopic (exact) mass is 337 g/mol. The molecule has 7 heteroatoms. The van der Waals surface area contributed by atoms with Crippen LogP contribution in [0.3, 0.4) is 0 Å². The molecule has 0 spiro atoms. The zero-order valence-corrected chi connectivity index (χ0v) is 13.1. The molecule has 1 aromatic carbocycles. The second-order valence-electron chi connectivity index (χ2n) is 5.47. The van der Waals surface area contributed by atoms with E-state index >= 15 is 0 Å². The van der Waals surface area contributed by atoms with Gasteiger partial charge in [0, 0.05) is 18.0 Å². The number of fused-ring (bicyclic) bond motifs is 1. The van der Waals surface area contributed by atoms with E-state index in [1.807, 2.05) is 0 Å². The predicted molar refractivity (Wildman–Crippen MR) is 89.8 cm³/mol. The molecular weight excluding hydrogens is 324 g/mol. The van der Waals surface area contributed by atoms with Crippen LogP contribution in [0.15, 0.2) is 55.5 Å². The maximum Gasteiger partial charge on any atom is 0.139 e. The van der Waals surface area contributed by atoms with Gasteiger partial charge in [-0.3, -0.25) is 0 Å². The third-order valence-corrected chi connectivity index (χ3v) is 3.94. The summed E-state index contributed by atoms with van der Waals surface area (Å²) in [5.41, 5.74) is 2.71. The molecule has 0 aliphatic rings. The first-order valence-corrected chi connectivity index (χ1v) is 7.59. The number of rotatable bonds is 4. The molecule has 0 amide bonds. The SMILES string of the molecule is C=Cn1ncnc1Cc1c(-c2ccc(F)cc2)nc2ccc(F)cn12. The second-order valence-corrected chi connectivity index (χ2v) is 5.47. The first kappa shape index (κ1) is 15.2. The van der Waals surface area contributed by atoms with Crippen molar-refractivity contribution in [2.45, 2.75) is 6.42 Å². The number of hydrogen-bond donors (Lipinski definition) is 0. The zero-order chi connectivity index (χ0) is 17.4. The maximum atomic E-state index is 13.8. The van der Waals surface area contributed by atoms with Crippen molar-refractivity contribution < 1.29 is 8.78 Å². The summed E-state index contributed by atoms with van der Waals surface area (Å²) in [4.78, 5) is 8.81. The van der Waals surface area contributed by atoms with E-state index in [4.69, 9.17) is 0 Å². The summed E-state index contributed by atoms with van der Waals surface area (Å²) in [6, 6.07) is 8.99. The van der Waals surface area contributed by atoms with Crippen LogP contribution in [0.4, 0.5) is 8.78 Å². The van der Waals surface area contributed by atoms with Crippen molar-refractivity contribution in [3.8, 4) is 11.3 Å². The number of aromatic nitrogens is 5. The highest BCUT2D eigenvalue weighted by molar-refractivity contribution is 5.67. The van der Waals surface area contributed by atoms with Gasteiger partial charge >= 0.3 is 0 Å². The molecule has 0 saturated carbocycles. The highest BCUT2D eigenvalue weighted by Crippen LogP contribution is 2.26. The zero-order valence-electron chi connectivity index (χ0n) is 13.1. The number of halogens is 2. The predicted octanol–water partition coefficient (Wildman–Crippen LogP) is 3.56. The van der Waals surface area contributed by atoms with Crippen LogP contribution < -0.4 is 0 Å². The van der Waals surface area contributed by atoms with E-state index in [-0.39, 0.29) is 11.6 Å². The van der Waals surface area contributed by atoms with Gasteiger partial charge in [-0.25, -0.2) is 23.4 Å². The van der Waals surface area contributed by atoms with E-state index in [0.29, 0.717) is 23.6 Å². The fraction of sp³-hybridized carbons (Fsp3) is 0.0556. The van der Waals surface area contributed by atoms with Crippen molar-refractivity contribution in [2.75, 3.05) is 0 Å². The highest BCUT2D eigenvalue weighted by atomic mass is 19.1. The molecule has 3 aromatic heterocycles. The van der Waals surface area contributed by atoms with Crippen LogP contribution in [0.1, 0.15) is 11.5 Å². The van der Waals surface area contributed by atoms with E-state index < -0.39 is 0 Å². The van der Waals surface area contributed by atoms with Gasteiger partial charge in [0.2, 0.25) is 0 Å². The van der Waals surface area contributed by atoms with E-state index in [2.05, 4.69) is 21.6 Å². The molecular formula is C18H13F2N5. The Bertz CT molecular complexity index is 1060. The second kappa shape index (κ2) is 5.94. The van der Waals surface area contributed by atoms with Crippen molar-refractivity contribution in [1.29, 1.82) is 0 Å². The highest BCUT2D eigenvalue weighted by Gasteiger charge is 2.17. The normalized spacial score (nSPS) is 11.1. The molecule has 124 valence electrons. The topological polar surface area (TPSA) is 48.0 Å². The summed E-state index contributed by atoms with van der Waals surface area (Å²) in [5.74, 6) is -0.0575. The Morgan fingerprint density at radius 1 is 1.04 bits per heavy atom. The van der Waals surface area contributed by atoms with E-state index in [1.165, 1.54) is 30.7 Å².